The van der Waals surface area contributed by atoms with Gasteiger partial charge in [-0.15, -0.1) is 0 Å². The maximum absolute atomic E-state index is 12.6. The summed E-state index contributed by atoms with van der Waals surface area (Å²) >= 11 is 0. The van der Waals surface area contributed by atoms with Crippen molar-refractivity contribution in [2.75, 3.05) is 19.8 Å². The molecule has 0 aliphatic heterocycles. The molecule has 9 heteroatoms. The summed E-state index contributed by atoms with van der Waals surface area (Å²) in [5, 5.41) is 0. The maximum atomic E-state index is 12.6. The van der Waals surface area contributed by atoms with Gasteiger partial charge in [-0.2, -0.15) is 0 Å². The Morgan fingerprint density at radius 1 is 0.404 bits per heavy atom. The fourth-order valence-corrected chi connectivity index (χ4v) is 8.27. The van der Waals surface area contributed by atoms with Crippen LogP contribution in [0.1, 0.15) is 271 Å². The van der Waals surface area contributed by atoms with E-state index in [0.29, 0.717) is 6.42 Å². The van der Waals surface area contributed by atoms with Crippen LogP contribution in [0.2, 0.25) is 0 Å². The summed E-state index contributed by atoms with van der Waals surface area (Å²) in [6.45, 7) is 5.55. The van der Waals surface area contributed by atoms with E-state index in [1.165, 1.54) is 199 Å². The lowest BCUT2D eigenvalue weighted by atomic mass is 10.0. The number of phosphoric ester groups is 1. The van der Waals surface area contributed by atoms with E-state index in [0.717, 1.165) is 38.5 Å². The van der Waals surface area contributed by atoms with E-state index >= 15 is 0 Å². The topological polar surface area (TPSA) is 108 Å². The molecule has 57 heavy (non-hydrogen) atoms. The van der Waals surface area contributed by atoms with Crippen molar-refractivity contribution in [2.45, 2.75) is 277 Å². The quantitative estimate of drug-likeness (QED) is 0.0367. The van der Waals surface area contributed by atoms with Crippen LogP contribution in [0.15, 0.2) is 0 Å². The van der Waals surface area contributed by atoms with Gasteiger partial charge in [-0.3, -0.25) is 18.6 Å². The Balaban J connectivity index is 3.94. The normalized spacial score (nSPS) is 13.1. The summed E-state index contributed by atoms with van der Waals surface area (Å²) in [5.74, 6) is -0.775. The van der Waals surface area contributed by atoms with Crippen molar-refractivity contribution in [1.82, 2.24) is 0 Å². The standard InChI is InChI=1S/C48H95O8P/c1-4-7-9-11-13-15-17-19-21-23-24-25-27-29-31-33-35-37-39-41-43-48(50)56-46(45-55-57(51,52)54-6-3)44-53-47(49)42-40-38-36-34-32-30-28-26-22-20-18-16-14-12-10-8-5-2/h46H,4-45H2,1-3H3,(H,51,52). The van der Waals surface area contributed by atoms with Gasteiger partial charge in [0.05, 0.1) is 13.2 Å². The molecule has 0 aromatic rings. The van der Waals surface area contributed by atoms with Gasteiger partial charge < -0.3 is 14.4 Å². The van der Waals surface area contributed by atoms with Crippen LogP contribution in [0.5, 0.6) is 0 Å². The molecule has 0 aliphatic rings. The molecule has 1 N–H and O–H groups in total. The van der Waals surface area contributed by atoms with Crippen LogP contribution in [0, 0.1) is 0 Å². The molecule has 0 saturated carbocycles. The second-order valence-corrected chi connectivity index (χ2v) is 18.3. The van der Waals surface area contributed by atoms with Crippen LogP contribution < -0.4 is 0 Å². The highest BCUT2D eigenvalue weighted by molar-refractivity contribution is 7.47. The Bertz CT molecular complexity index is 900. The second-order valence-electron chi connectivity index (χ2n) is 16.9. The predicted molar refractivity (Wildman–Crippen MR) is 240 cm³/mol. The van der Waals surface area contributed by atoms with Gasteiger partial charge in [0.15, 0.2) is 6.10 Å². The molecule has 0 fully saturated rings. The van der Waals surface area contributed by atoms with Crippen molar-refractivity contribution in [3.8, 4) is 0 Å². The van der Waals surface area contributed by atoms with Gasteiger partial charge in [-0.05, 0) is 19.8 Å². The largest absolute Gasteiger partial charge is 0.472 e. The van der Waals surface area contributed by atoms with E-state index < -0.39 is 19.9 Å². The van der Waals surface area contributed by atoms with Crippen molar-refractivity contribution < 1.29 is 37.6 Å². The highest BCUT2D eigenvalue weighted by Gasteiger charge is 2.25. The Hall–Kier alpha value is -0.950. The Morgan fingerprint density at radius 2 is 0.684 bits per heavy atom. The number of ether oxygens (including phenoxy) is 2. The zero-order chi connectivity index (χ0) is 41.8. The number of carbonyl (C=O) groups is 2. The van der Waals surface area contributed by atoms with Crippen LogP contribution in [-0.2, 0) is 32.7 Å². The Morgan fingerprint density at radius 3 is 0.982 bits per heavy atom. The van der Waals surface area contributed by atoms with Gasteiger partial charge in [0.1, 0.15) is 6.61 Å². The van der Waals surface area contributed by atoms with Gasteiger partial charge in [0, 0.05) is 12.8 Å². The van der Waals surface area contributed by atoms with Crippen molar-refractivity contribution >= 4 is 19.8 Å². The van der Waals surface area contributed by atoms with Crippen LogP contribution in [0.25, 0.3) is 0 Å². The van der Waals surface area contributed by atoms with Crippen molar-refractivity contribution in [2.24, 2.45) is 0 Å². The number of phosphoric acid groups is 1. The lowest BCUT2D eigenvalue weighted by Crippen LogP contribution is -2.29. The minimum atomic E-state index is -4.28. The lowest BCUT2D eigenvalue weighted by molar-refractivity contribution is -0.161. The van der Waals surface area contributed by atoms with E-state index in [9.17, 15) is 19.0 Å². The molecule has 2 atom stereocenters. The van der Waals surface area contributed by atoms with Crippen LogP contribution in [0.4, 0.5) is 0 Å². The van der Waals surface area contributed by atoms with Crippen molar-refractivity contribution in [3.05, 3.63) is 0 Å². The molecule has 0 aromatic heterocycles. The van der Waals surface area contributed by atoms with Gasteiger partial charge in [0.2, 0.25) is 0 Å². The van der Waals surface area contributed by atoms with Gasteiger partial charge in [-0.25, -0.2) is 4.57 Å². The van der Waals surface area contributed by atoms with E-state index in [4.69, 9.17) is 18.5 Å². The van der Waals surface area contributed by atoms with E-state index in [-0.39, 0.29) is 32.2 Å². The summed E-state index contributed by atoms with van der Waals surface area (Å²) in [7, 11) is -4.28. The number of carbonyl (C=O) groups excluding carboxylic acids is 2. The van der Waals surface area contributed by atoms with E-state index in [2.05, 4.69) is 13.8 Å². The van der Waals surface area contributed by atoms with Crippen LogP contribution >= 0.6 is 7.82 Å². The van der Waals surface area contributed by atoms with Crippen molar-refractivity contribution in [3.63, 3.8) is 0 Å². The molecular formula is C48H95O8P. The minimum absolute atomic E-state index is 0.00597. The number of rotatable bonds is 47. The number of hydrogen-bond acceptors (Lipinski definition) is 7. The zero-order valence-corrected chi connectivity index (χ0v) is 38.9. The molecule has 0 aromatic carbocycles. The minimum Gasteiger partial charge on any atom is -0.462 e. The number of esters is 2. The monoisotopic (exact) mass is 831 g/mol. The average molecular weight is 831 g/mol. The van der Waals surface area contributed by atoms with E-state index in [1.54, 1.807) is 6.92 Å². The summed E-state index contributed by atoms with van der Waals surface area (Å²) in [5.41, 5.74) is 0. The van der Waals surface area contributed by atoms with Gasteiger partial charge in [-0.1, -0.05) is 239 Å². The third-order valence-electron chi connectivity index (χ3n) is 11.2. The molecule has 0 aliphatic carbocycles. The summed E-state index contributed by atoms with van der Waals surface area (Å²) in [4.78, 5) is 34.9. The molecule has 0 radical (unpaired) electrons. The van der Waals surface area contributed by atoms with Gasteiger partial charge in [0.25, 0.3) is 0 Å². The number of hydrogen-bond donors (Lipinski definition) is 1. The zero-order valence-electron chi connectivity index (χ0n) is 38.0. The molecule has 0 saturated heterocycles. The highest BCUT2D eigenvalue weighted by atomic mass is 31.2. The molecular weight excluding hydrogens is 735 g/mol. The Labute approximate surface area is 353 Å². The average Bonchev–Trinajstić information content (AvgIpc) is 3.19. The molecule has 8 nitrogen and oxygen atoms in total. The smallest absolute Gasteiger partial charge is 0.462 e. The first kappa shape index (κ1) is 56.0. The molecule has 0 amide bonds. The highest BCUT2D eigenvalue weighted by Crippen LogP contribution is 2.43. The molecule has 2 unspecified atom stereocenters. The third kappa shape index (κ3) is 44.4. The fourth-order valence-electron chi connectivity index (χ4n) is 7.52. The summed E-state index contributed by atoms with van der Waals surface area (Å²) < 4.78 is 32.8. The molecule has 0 heterocycles. The molecule has 340 valence electrons. The second kappa shape index (κ2) is 44.6. The number of unbranched alkanes of at least 4 members (excludes halogenated alkanes) is 35. The maximum Gasteiger partial charge on any atom is 0.472 e. The van der Waals surface area contributed by atoms with Crippen molar-refractivity contribution in [1.29, 1.82) is 0 Å². The lowest BCUT2D eigenvalue weighted by Gasteiger charge is -2.19. The first-order chi connectivity index (χ1) is 27.8. The molecule has 0 bridgehead atoms. The van der Waals surface area contributed by atoms with Gasteiger partial charge >= 0.3 is 19.8 Å². The van der Waals surface area contributed by atoms with E-state index in [1.807, 2.05) is 0 Å². The van der Waals surface area contributed by atoms with Crippen LogP contribution in [0.3, 0.4) is 0 Å². The molecule has 0 rings (SSSR count). The van der Waals surface area contributed by atoms with Crippen LogP contribution in [-0.4, -0.2) is 42.8 Å². The summed E-state index contributed by atoms with van der Waals surface area (Å²) in [6.07, 6.45) is 47.3. The predicted octanol–water partition coefficient (Wildman–Crippen LogP) is 15.8. The molecule has 0 spiro atoms. The first-order valence-electron chi connectivity index (χ1n) is 24.8. The fraction of sp³-hybridized carbons (Fsp3) is 0.958. The summed E-state index contributed by atoms with van der Waals surface area (Å²) in [6, 6.07) is 0. The third-order valence-corrected chi connectivity index (χ3v) is 12.2. The first-order valence-corrected chi connectivity index (χ1v) is 26.3. The SMILES string of the molecule is CCCCCCCCCCCCCCCCCCCCCCC(=O)OC(COC(=O)CCCCCCCCCCCCCCCCCCC)COP(=O)(O)OCC. The Kier molecular flexibility index (Phi) is 43.9.